The van der Waals surface area contributed by atoms with E-state index in [4.69, 9.17) is 4.42 Å². The van der Waals surface area contributed by atoms with Gasteiger partial charge in [-0.3, -0.25) is 5.32 Å². The molecule has 0 radical (unpaired) electrons. The average molecular weight is 422 g/mol. The van der Waals surface area contributed by atoms with Crippen LogP contribution in [0.5, 0.6) is 0 Å². The zero-order chi connectivity index (χ0) is 21.2. The van der Waals surface area contributed by atoms with Gasteiger partial charge in [0.2, 0.25) is 0 Å². The topological polar surface area (TPSA) is 42.2 Å². The van der Waals surface area contributed by atoms with Gasteiger partial charge in [-0.15, -0.1) is 0 Å². The molecule has 0 saturated heterocycles. The van der Waals surface area contributed by atoms with Crippen LogP contribution in [0, 0.1) is 11.3 Å². The second-order valence-electron chi connectivity index (χ2n) is 9.52. The molecule has 1 N–H and O–H groups in total. The molecule has 3 atom stereocenters. The molecule has 3 nitrogen and oxygen atoms in total. The minimum Gasteiger partial charge on any atom is -0.467 e. The summed E-state index contributed by atoms with van der Waals surface area (Å²) >= 11 is 0. The minimum atomic E-state index is -3.06. The van der Waals surface area contributed by atoms with E-state index in [2.05, 4.69) is 26.1 Å². The van der Waals surface area contributed by atoms with Crippen molar-refractivity contribution in [3.63, 3.8) is 0 Å². The molecule has 158 valence electrons. The van der Waals surface area contributed by atoms with Gasteiger partial charge in [0.15, 0.2) is 7.14 Å². The third-order valence-corrected chi connectivity index (χ3v) is 9.50. The lowest BCUT2D eigenvalue weighted by Gasteiger charge is -2.41. The van der Waals surface area contributed by atoms with E-state index in [1.807, 2.05) is 72.8 Å². The van der Waals surface area contributed by atoms with E-state index in [0.29, 0.717) is 12.0 Å². The van der Waals surface area contributed by atoms with Crippen LogP contribution in [0.3, 0.4) is 0 Å². The number of hydrogen-bond acceptors (Lipinski definition) is 3. The van der Waals surface area contributed by atoms with Gasteiger partial charge in [-0.1, -0.05) is 81.4 Å². The first-order valence-electron chi connectivity index (χ1n) is 10.9. The molecule has 1 aromatic heterocycles. The molecule has 4 heteroatoms. The summed E-state index contributed by atoms with van der Waals surface area (Å²) in [6, 6.07) is 23.9. The third kappa shape index (κ3) is 4.33. The Hall–Kier alpha value is -2.09. The molecular weight excluding hydrogens is 389 g/mol. The standard InChI is InChI=1S/C26H32NO2P/c1-20-17-21(19-26(2,3)18-20)27-25(24-15-10-16-29-24)30(28,22-11-6-4-7-12-22)23-13-8-5-9-14-23/h4-16,20-21,25,27H,17-19H2,1-3H3/t20-,21+,25-/m1/s1. The predicted octanol–water partition coefficient (Wildman–Crippen LogP) is 6.10. The van der Waals surface area contributed by atoms with Crippen LogP contribution in [-0.2, 0) is 4.57 Å². The van der Waals surface area contributed by atoms with E-state index in [1.165, 1.54) is 6.42 Å². The van der Waals surface area contributed by atoms with Crippen LogP contribution in [0.1, 0.15) is 51.6 Å². The van der Waals surface area contributed by atoms with Crippen molar-refractivity contribution in [2.24, 2.45) is 11.3 Å². The first-order valence-corrected chi connectivity index (χ1v) is 12.7. The molecule has 0 spiro atoms. The number of rotatable bonds is 6. The SMILES string of the molecule is C[C@@H]1C[C@H](N[C@@H](c2ccco2)P(=O)(c2ccccc2)c2ccccc2)CC(C)(C)C1. The third-order valence-electron chi connectivity index (χ3n) is 6.24. The summed E-state index contributed by atoms with van der Waals surface area (Å²) in [7, 11) is -3.06. The second-order valence-corrected chi connectivity index (χ2v) is 12.4. The summed E-state index contributed by atoms with van der Waals surface area (Å²) in [6.07, 6.45) is 5.06. The van der Waals surface area contributed by atoms with Crippen molar-refractivity contribution in [2.75, 3.05) is 0 Å². The van der Waals surface area contributed by atoms with E-state index in [1.54, 1.807) is 6.26 Å². The molecule has 3 aromatic rings. The Morgan fingerprint density at radius 3 is 2.03 bits per heavy atom. The summed E-state index contributed by atoms with van der Waals surface area (Å²) in [5.41, 5.74) is 0.270. The molecular formula is C26H32NO2P. The van der Waals surface area contributed by atoms with Crippen molar-refractivity contribution in [1.82, 2.24) is 5.32 Å². The summed E-state index contributed by atoms with van der Waals surface area (Å²) in [4.78, 5) is 0. The minimum absolute atomic E-state index is 0.270. The highest BCUT2D eigenvalue weighted by molar-refractivity contribution is 7.78. The van der Waals surface area contributed by atoms with Crippen LogP contribution in [0.2, 0.25) is 0 Å². The lowest BCUT2D eigenvalue weighted by atomic mass is 9.70. The molecule has 1 aliphatic carbocycles. The lowest BCUT2D eigenvalue weighted by Crippen LogP contribution is -2.43. The lowest BCUT2D eigenvalue weighted by molar-refractivity contribution is 0.148. The molecule has 1 heterocycles. The Kier molecular flexibility index (Phi) is 6.04. The first kappa shape index (κ1) is 21.2. The van der Waals surface area contributed by atoms with Crippen molar-refractivity contribution >= 4 is 17.8 Å². The van der Waals surface area contributed by atoms with Crippen molar-refractivity contribution in [2.45, 2.75) is 51.9 Å². The van der Waals surface area contributed by atoms with Gasteiger partial charge >= 0.3 is 0 Å². The van der Waals surface area contributed by atoms with Crippen molar-refractivity contribution in [1.29, 1.82) is 0 Å². The fraction of sp³-hybridized carbons (Fsp3) is 0.385. The summed E-state index contributed by atoms with van der Waals surface area (Å²) < 4.78 is 20.9. The van der Waals surface area contributed by atoms with Gasteiger partial charge < -0.3 is 8.98 Å². The van der Waals surface area contributed by atoms with Gasteiger partial charge in [0, 0.05) is 16.7 Å². The van der Waals surface area contributed by atoms with Crippen molar-refractivity contribution in [3.8, 4) is 0 Å². The first-order chi connectivity index (χ1) is 14.4. The smallest absolute Gasteiger partial charge is 0.166 e. The maximum Gasteiger partial charge on any atom is 0.166 e. The van der Waals surface area contributed by atoms with Crippen LogP contribution < -0.4 is 15.9 Å². The van der Waals surface area contributed by atoms with Gasteiger partial charge in [0.05, 0.1) is 6.26 Å². The van der Waals surface area contributed by atoms with Crippen LogP contribution in [0.25, 0.3) is 0 Å². The van der Waals surface area contributed by atoms with Gasteiger partial charge in [0.25, 0.3) is 0 Å². The van der Waals surface area contributed by atoms with E-state index >= 15 is 4.57 Å². The molecule has 0 amide bonds. The van der Waals surface area contributed by atoms with Crippen molar-refractivity contribution < 1.29 is 8.98 Å². The van der Waals surface area contributed by atoms with Gasteiger partial charge in [0.1, 0.15) is 11.5 Å². The number of hydrogen-bond donors (Lipinski definition) is 1. The highest BCUT2D eigenvalue weighted by Gasteiger charge is 2.42. The van der Waals surface area contributed by atoms with Crippen molar-refractivity contribution in [3.05, 3.63) is 84.8 Å². The number of nitrogens with one attached hydrogen (secondary N) is 1. The van der Waals surface area contributed by atoms with E-state index < -0.39 is 12.9 Å². The Balaban J connectivity index is 1.81. The van der Waals surface area contributed by atoms with Crippen LogP contribution in [0.15, 0.2) is 83.5 Å². The maximum atomic E-state index is 15.0. The maximum absolute atomic E-state index is 15.0. The van der Waals surface area contributed by atoms with Gasteiger partial charge in [-0.05, 0) is 42.7 Å². The van der Waals surface area contributed by atoms with E-state index in [0.717, 1.165) is 29.2 Å². The fourth-order valence-electron chi connectivity index (χ4n) is 5.26. The van der Waals surface area contributed by atoms with Crippen LogP contribution in [0.4, 0.5) is 0 Å². The Morgan fingerprint density at radius 2 is 1.53 bits per heavy atom. The molecule has 1 saturated carbocycles. The molecule has 0 bridgehead atoms. The average Bonchev–Trinajstić information content (AvgIpc) is 3.26. The monoisotopic (exact) mass is 421 g/mol. The predicted molar refractivity (Wildman–Crippen MR) is 125 cm³/mol. The largest absolute Gasteiger partial charge is 0.467 e. The quantitative estimate of drug-likeness (QED) is 0.489. The second kappa shape index (κ2) is 8.57. The molecule has 0 unspecified atom stereocenters. The summed E-state index contributed by atoms with van der Waals surface area (Å²) in [6.45, 7) is 7.01. The van der Waals surface area contributed by atoms with E-state index in [9.17, 15) is 0 Å². The summed E-state index contributed by atoms with van der Waals surface area (Å²) in [5, 5.41) is 5.53. The normalized spacial score (nSPS) is 22.5. The fourth-order valence-corrected chi connectivity index (χ4v) is 8.31. The Labute approximate surface area is 180 Å². The Morgan fingerprint density at radius 1 is 0.933 bits per heavy atom. The highest BCUT2D eigenvalue weighted by atomic mass is 31.2. The number of furan rings is 1. The van der Waals surface area contributed by atoms with Gasteiger partial charge in [-0.2, -0.15) is 0 Å². The highest BCUT2D eigenvalue weighted by Crippen LogP contribution is 2.56. The summed E-state index contributed by atoms with van der Waals surface area (Å²) in [5.74, 6) is 0.974. The van der Waals surface area contributed by atoms with Crippen LogP contribution in [-0.4, -0.2) is 6.04 Å². The van der Waals surface area contributed by atoms with Crippen LogP contribution >= 0.6 is 7.14 Å². The zero-order valence-electron chi connectivity index (χ0n) is 18.1. The van der Waals surface area contributed by atoms with E-state index in [-0.39, 0.29) is 5.41 Å². The molecule has 30 heavy (non-hydrogen) atoms. The zero-order valence-corrected chi connectivity index (χ0v) is 19.0. The van der Waals surface area contributed by atoms with Gasteiger partial charge in [-0.25, -0.2) is 0 Å². The number of benzene rings is 2. The molecule has 2 aromatic carbocycles. The molecule has 1 aliphatic rings. The molecule has 0 aliphatic heterocycles. The molecule has 1 fully saturated rings. The molecule has 4 rings (SSSR count). The Bertz CT molecular complexity index is 939.